The van der Waals surface area contributed by atoms with Gasteiger partial charge in [0.15, 0.2) is 5.96 Å². The SMILES string of the molecule is CSCC[C@H](NC(=O)[C@@H](N)Cc1cnc[nH]1)C(=O)N[C@H](C(=O)N[C@@H](CCC(=O)O)C(=O)N[C@H](C(=O)N[C@H](C(=O)N[C@@H](CCCN=C(N)N)C(=O)N[C@@H](Cc1cnc[nH]1)C(=O)N[C@@H](CS)C(=O)O)C(C)C)C(C)C)[C@@H](C)O. The van der Waals surface area contributed by atoms with Crippen molar-refractivity contribution in [1.29, 1.82) is 0 Å². The third-order valence-electron chi connectivity index (χ3n) is 11.4. The molecule has 0 bridgehead atoms. The first kappa shape index (κ1) is 65.1. The Morgan fingerprint density at radius 3 is 1.53 bits per heavy atom. The quantitative estimate of drug-likeness (QED) is 0.0134. The number of imidazole rings is 2. The van der Waals surface area contributed by atoms with E-state index in [1.165, 1.54) is 43.7 Å². The minimum Gasteiger partial charge on any atom is -0.481 e. The Morgan fingerprint density at radius 1 is 0.618 bits per heavy atom. The highest BCUT2D eigenvalue weighted by atomic mass is 32.2. The van der Waals surface area contributed by atoms with Gasteiger partial charge < -0.3 is 85.0 Å². The molecular weight excluding hydrogens is 1040 g/mol. The summed E-state index contributed by atoms with van der Waals surface area (Å²) in [7, 11) is 0. The second-order valence-electron chi connectivity index (χ2n) is 18.3. The summed E-state index contributed by atoms with van der Waals surface area (Å²) in [6, 6.07) is -12.8. The molecule has 0 aliphatic rings. The summed E-state index contributed by atoms with van der Waals surface area (Å²) in [5, 5.41) is 49.7. The van der Waals surface area contributed by atoms with E-state index in [-0.39, 0.29) is 50.4 Å². The van der Waals surface area contributed by atoms with Gasteiger partial charge in [0, 0.05) is 55.3 Å². The molecule has 0 radical (unpaired) electrons. The maximum absolute atomic E-state index is 14.1. The van der Waals surface area contributed by atoms with E-state index in [9.17, 15) is 63.3 Å². The number of rotatable bonds is 35. The lowest BCUT2D eigenvalue weighted by molar-refractivity contribution is -0.141. The van der Waals surface area contributed by atoms with Crippen molar-refractivity contribution in [1.82, 2.24) is 62.5 Å². The first-order chi connectivity index (χ1) is 35.8. The highest BCUT2D eigenvalue weighted by Gasteiger charge is 2.37. The van der Waals surface area contributed by atoms with Crippen LogP contribution in [0.5, 0.6) is 0 Å². The number of carbonyl (C=O) groups excluding carboxylic acids is 8. The molecule has 0 unspecified atom stereocenters. The van der Waals surface area contributed by atoms with Gasteiger partial charge in [0.25, 0.3) is 0 Å². The number of nitrogens with two attached hydrogens (primary N) is 3. The molecule has 2 heterocycles. The Bertz CT molecular complexity index is 2270. The lowest BCUT2D eigenvalue weighted by atomic mass is 9.98. The first-order valence-corrected chi connectivity index (χ1v) is 26.2. The molecule has 19 N–H and O–H groups in total. The standard InChI is InChI=1S/C45H74N16O13S2/c1-21(2)33(41(70)55-27(8-7-12-51-45(47)48)37(66)57-30(15-25-17-50-20-53-25)40(69)58-31(18-75)44(73)74)60-42(71)34(22(3)4)59-38(67)28(9-10-32(63)64)56-43(72)35(23(5)62)61-39(68)29(11-13-76-6)54-36(65)26(46)14-24-16-49-19-52-24/h16-17,19-23,26-31,33-35,62,75H,7-15,18,46H2,1-6H3,(H,49,52)(H,50,53)(H,54,65)(H,55,70)(H,56,72)(H,57,66)(H,58,69)(H,59,67)(H,60,71)(H,61,68)(H,63,64)(H,73,74)(H4,47,48,51)/t23-,26+,27+,28+,29+,30+,31+,33+,34+,35+/m1/s1. The summed E-state index contributed by atoms with van der Waals surface area (Å²) in [5.41, 5.74) is 18.0. The number of H-pyrrole nitrogens is 2. The predicted molar refractivity (Wildman–Crippen MR) is 281 cm³/mol. The molecule has 0 spiro atoms. The van der Waals surface area contributed by atoms with Gasteiger partial charge in [0.1, 0.15) is 48.3 Å². The molecule has 2 rings (SSSR count). The molecule has 0 aromatic carbocycles. The number of thioether (sulfide) groups is 1. The molecule has 76 heavy (non-hydrogen) atoms. The first-order valence-electron chi connectivity index (χ1n) is 24.2. The number of thiol groups is 1. The highest BCUT2D eigenvalue weighted by molar-refractivity contribution is 7.98. The average Bonchev–Trinajstić information content (AvgIpc) is 4.08. The van der Waals surface area contributed by atoms with Gasteiger partial charge >= 0.3 is 11.9 Å². The van der Waals surface area contributed by atoms with Crippen LogP contribution in [0.1, 0.15) is 78.1 Å². The van der Waals surface area contributed by atoms with Gasteiger partial charge in [0.05, 0.1) is 24.8 Å². The van der Waals surface area contributed by atoms with E-state index >= 15 is 0 Å². The Morgan fingerprint density at radius 2 is 1.05 bits per heavy atom. The normalized spacial score (nSPS) is 15.1. The number of aromatic nitrogens is 4. The lowest BCUT2D eigenvalue weighted by Crippen LogP contribution is -2.62. The third-order valence-corrected chi connectivity index (χ3v) is 12.4. The van der Waals surface area contributed by atoms with Crippen LogP contribution in [0.3, 0.4) is 0 Å². The molecule has 8 amide bonds. The van der Waals surface area contributed by atoms with Gasteiger partial charge in [-0.15, -0.1) is 0 Å². The number of nitrogens with zero attached hydrogens (tertiary/aromatic N) is 3. The minimum absolute atomic E-state index is 0.0208. The number of carbonyl (C=O) groups is 10. The molecule has 2 aromatic rings. The number of aliphatic hydroxyl groups excluding tert-OH is 1. The van der Waals surface area contributed by atoms with Crippen LogP contribution in [0.15, 0.2) is 30.0 Å². The van der Waals surface area contributed by atoms with E-state index in [1.807, 2.05) is 0 Å². The molecule has 0 aliphatic carbocycles. The summed E-state index contributed by atoms with van der Waals surface area (Å²) < 4.78 is 0. The minimum atomic E-state index is -1.74. The van der Waals surface area contributed by atoms with E-state index < -0.39 is 144 Å². The van der Waals surface area contributed by atoms with Crippen LogP contribution in [0.25, 0.3) is 0 Å². The van der Waals surface area contributed by atoms with Gasteiger partial charge in [-0.2, -0.15) is 24.4 Å². The smallest absolute Gasteiger partial charge is 0.327 e. The van der Waals surface area contributed by atoms with Crippen LogP contribution in [0.2, 0.25) is 0 Å². The molecular formula is C45H74N16O13S2. The van der Waals surface area contributed by atoms with Crippen LogP contribution in [0.4, 0.5) is 0 Å². The van der Waals surface area contributed by atoms with Gasteiger partial charge in [-0.25, -0.2) is 14.8 Å². The molecule has 29 nitrogen and oxygen atoms in total. The number of nitrogens with one attached hydrogen (secondary N) is 10. The van der Waals surface area contributed by atoms with Crippen LogP contribution in [-0.4, -0.2) is 185 Å². The summed E-state index contributed by atoms with van der Waals surface area (Å²) in [6.45, 7) is 7.47. The van der Waals surface area contributed by atoms with Crippen LogP contribution in [0, 0.1) is 11.8 Å². The van der Waals surface area contributed by atoms with Crippen LogP contribution in [-0.2, 0) is 60.8 Å². The maximum atomic E-state index is 14.1. The maximum Gasteiger partial charge on any atom is 0.327 e. The van der Waals surface area contributed by atoms with E-state index in [0.29, 0.717) is 17.1 Å². The molecule has 31 heteroatoms. The van der Waals surface area contributed by atoms with Crippen molar-refractivity contribution in [3.05, 3.63) is 36.4 Å². The van der Waals surface area contributed by atoms with Crippen molar-refractivity contribution < 1.29 is 63.3 Å². The average molecular weight is 1110 g/mol. The Kier molecular flexibility index (Phi) is 28.4. The summed E-state index contributed by atoms with van der Waals surface area (Å²) in [5.74, 6) is -11.5. The fourth-order valence-electron chi connectivity index (χ4n) is 7.12. The number of hydrogen-bond donors (Lipinski definition) is 17. The van der Waals surface area contributed by atoms with Crippen LogP contribution >= 0.6 is 24.4 Å². The summed E-state index contributed by atoms with van der Waals surface area (Å²) in [4.78, 5) is 151. The second kappa shape index (κ2) is 33.1. The zero-order valence-corrected chi connectivity index (χ0v) is 44.9. The molecule has 2 aromatic heterocycles. The fourth-order valence-corrected chi connectivity index (χ4v) is 7.84. The number of carboxylic acid groups (broad SMARTS) is 2. The number of carboxylic acids is 2. The topological polar surface area (TPSA) is 475 Å². The zero-order chi connectivity index (χ0) is 57.2. The van der Waals surface area contributed by atoms with Crippen molar-refractivity contribution in [2.75, 3.05) is 24.3 Å². The highest BCUT2D eigenvalue weighted by Crippen LogP contribution is 2.12. The third kappa shape index (κ3) is 22.9. The van der Waals surface area contributed by atoms with Crippen molar-refractivity contribution in [3.63, 3.8) is 0 Å². The van der Waals surface area contributed by atoms with Crippen LogP contribution < -0.4 is 59.7 Å². The molecule has 0 saturated heterocycles. The van der Waals surface area contributed by atoms with Crippen molar-refractivity contribution in [2.45, 2.75) is 140 Å². The molecule has 0 fully saturated rings. The monoisotopic (exact) mass is 1110 g/mol. The Balaban J connectivity index is 2.36. The van der Waals surface area contributed by atoms with Gasteiger partial charge in [-0.3, -0.25) is 48.1 Å². The van der Waals surface area contributed by atoms with Crippen molar-refractivity contribution in [3.8, 4) is 0 Å². The lowest BCUT2D eigenvalue weighted by Gasteiger charge is -2.30. The zero-order valence-electron chi connectivity index (χ0n) is 43.2. The van der Waals surface area contributed by atoms with Gasteiger partial charge in [-0.1, -0.05) is 27.7 Å². The summed E-state index contributed by atoms with van der Waals surface area (Å²) in [6.07, 6.45) is 4.58. The van der Waals surface area contributed by atoms with E-state index in [4.69, 9.17) is 17.2 Å². The Labute approximate surface area is 448 Å². The number of aliphatic hydroxyl groups is 1. The van der Waals surface area contributed by atoms with E-state index in [1.54, 1.807) is 34.0 Å². The second-order valence-corrected chi connectivity index (χ2v) is 19.7. The van der Waals surface area contributed by atoms with Crippen molar-refractivity contribution >= 4 is 89.5 Å². The molecule has 424 valence electrons. The number of hydrogen-bond acceptors (Lipinski definition) is 17. The Hall–Kier alpha value is -6.99. The van der Waals surface area contributed by atoms with E-state index in [0.717, 1.165) is 0 Å². The molecule has 0 aliphatic heterocycles. The van der Waals surface area contributed by atoms with E-state index in [2.05, 4.69) is 80.1 Å². The number of aliphatic imine (C=N–C) groups is 1. The number of aliphatic carboxylic acids is 2. The molecule has 10 atom stereocenters. The number of aromatic amines is 2. The molecule has 0 saturated carbocycles. The predicted octanol–water partition coefficient (Wildman–Crippen LogP) is -4.50. The summed E-state index contributed by atoms with van der Waals surface area (Å²) >= 11 is 5.35. The fraction of sp³-hybridized carbons (Fsp3) is 0.622. The largest absolute Gasteiger partial charge is 0.481 e. The number of amides is 8. The van der Waals surface area contributed by atoms with Gasteiger partial charge in [0.2, 0.25) is 47.3 Å². The van der Waals surface area contributed by atoms with Gasteiger partial charge in [-0.05, 0) is 56.5 Å². The van der Waals surface area contributed by atoms with Crippen molar-refractivity contribution in [2.24, 2.45) is 34.0 Å². The number of guanidine groups is 1.